The van der Waals surface area contributed by atoms with Gasteiger partial charge in [-0.15, -0.1) is 0 Å². The van der Waals surface area contributed by atoms with E-state index in [1.807, 2.05) is 91.0 Å². The standard InChI is InChI=1S/C29H24O5/c30-28(33-20-23-12-6-2-7-13-23)25-16-26(29(31)34-21-24-14-8-3-9-15-24)18-27(17-25)32-19-22-10-4-1-5-11-22/h1-18H,19-21H2. The van der Waals surface area contributed by atoms with Crippen LogP contribution in [0, 0.1) is 0 Å². The molecule has 0 fully saturated rings. The van der Waals surface area contributed by atoms with E-state index in [0.717, 1.165) is 16.7 Å². The second kappa shape index (κ2) is 11.5. The SMILES string of the molecule is O=C(OCc1ccccc1)c1cc(OCc2ccccc2)cc(C(=O)OCc2ccccc2)c1. The molecule has 0 amide bonds. The summed E-state index contributed by atoms with van der Waals surface area (Å²) in [6.07, 6.45) is 0. The summed E-state index contributed by atoms with van der Waals surface area (Å²) in [5, 5.41) is 0. The number of hydrogen-bond acceptors (Lipinski definition) is 5. The van der Waals surface area contributed by atoms with Gasteiger partial charge in [-0.25, -0.2) is 9.59 Å². The Bertz CT molecular complexity index is 1150. The molecular formula is C29H24O5. The molecule has 0 heterocycles. The van der Waals surface area contributed by atoms with E-state index >= 15 is 0 Å². The predicted molar refractivity (Wildman–Crippen MR) is 128 cm³/mol. The summed E-state index contributed by atoms with van der Waals surface area (Å²) in [4.78, 5) is 25.5. The van der Waals surface area contributed by atoms with E-state index in [1.54, 1.807) is 12.1 Å². The van der Waals surface area contributed by atoms with Crippen molar-refractivity contribution in [1.29, 1.82) is 0 Å². The zero-order valence-electron chi connectivity index (χ0n) is 18.6. The van der Waals surface area contributed by atoms with Gasteiger partial charge in [0.25, 0.3) is 0 Å². The Morgan fingerprint density at radius 1 is 0.500 bits per heavy atom. The molecule has 0 aromatic heterocycles. The number of carbonyl (C=O) groups excluding carboxylic acids is 2. The molecule has 0 saturated carbocycles. The minimum Gasteiger partial charge on any atom is -0.489 e. The zero-order chi connectivity index (χ0) is 23.6. The fourth-order valence-corrected chi connectivity index (χ4v) is 3.27. The van der Waals surface area contributed by atoms with Crippen LogP contribution in [0.15, 0.2) is 109 Å². The molecule has 0 unspecified atom stereocenters. The summed E-state index contributed by atoms with van der Waals surface area (Å²) in [6, 6.07) is 33.0. The molecule has 0 N–H and O–H groups in total. The van der Waals surface area contributed by atoms with Crippen molar-refractivity contribution in [2.24, 2.45) is 0 Å². The van der Waals surface area contributed by atoms with Gasteiger partial charge in [-0.1, -0.05) is 91.0 Å². The zero-order valence-corrected chi connectivity index (χ0v) is 18.6. The highest BCUT2D eigenvalue weighted by Crippen LogP contribution is 2.21. The van der Waals surface area contributed by atoms with Crippen LogP contribution in [0.25, 0.3) is 0 Å². The Morgan fingerprint density at radius 2 is 0.882 bits per heavy atom. The largest absolute Gasteiger partial charge is 0.489 e. The van der Waals surface area contributed by atoms with E-state index in [9.17, 15) is 9.59 Å². The van der Waals surface area contributed by atoms with E-state index in [-0.39, 0.29) is 24.3 Å². The van der Waals surface area contributed by atoms with Gasteiger partial charge >= 0.3 is 11.9 Å². The second-order valence-electron chi connectivity index (χ2n) is 7.64. The first-order valence-corrected chi connectivity index (χ1v) is 10.9. The van der Waals surface area contributed by atoms with Crippen LogP contribution in [0.3, 0.4) is 0 Å². The molecule has 34 heavy (non-hydrogen) atoms. The Hall–Kier alpha value is -4.38. The lowest BCUT2D eigenvalue weighted by molar-refractivity contribution is 0.0469. The Kier molecular flexibility index (Phi) is 7.70. The predicted octanol–water partition coefficient (Wildman–Crippen LogP) is 5.98. The van der Waals surface area contributed by atoms with Gasteiger partial charge in [-0.05, 0) is 34.9 Å². The van der Waals surface area contributed by atoms with E-state index in [4.69, 9.17) is 14.2 Å². The lowest BCUT2D eigenvalue weighted by Crippen LogP contribution is -2.10. The van der Waals surface area contributed by atoms with Gasteiger partial charge in [0.2, 0.25) is 0 Å². The van der Waals surface area contributed by atoms with Crippen molar-refractivity contribution in [3.8, 4) is 5.75 Å². The van der Waals surface area contributed by atoms with Crippen LogP contribution in [-0.4, -0.2) is 11.9 Å². The Balaban J connectivity index is 1.51. The van der Waals surface area contributed by atoms with Crippen LogP contribution in [0.2, 0.25) is 0 Å². The van der Waals surface area contributed by atoms with Crippen LogP contribution in [0.4, 0.5) is 0 Å². The van der Waals surface area contributed by atoms with Crippen molar-refractivity contribution in [2.45, 2.75) is 19.8 Å². The first-order valence-electron chi connectivity index (χ1n) is 10.9. The van der Waals surface area contributed by atoms with Gasteiger partial charge in [0.05, 0.1) is 11.1 Å². The molecule has 0 radical (unpaired) electrons. The van der Waals surface area contributed by atoms with Crippen LogP contribution in [-0.2, 0) is 29.3 Å². The first-order chi connectivity index (χ1) is 16.7. The average Bonchev–Trinajstić information content (AvgIpc) is 2.90. The Labute approximate surface area is 198 Å². The summed E-state index contributed by atoms with van der Waals surface area (Å²) >= 11 is 0. The van der Waals surface area contributed by atoms with Crippen molar-refractivity contribution in [3.63, 3.8) is 0 Å². The third kappa shape index (κ3) is 6.56. The second-order valence-corrected chi connectivity index (χ2v) is 7.64. The monoisotopic (exact) mass is 452 g/mol. The lowest BCUT2D eigenvalue weighted by Gasteiger charge is -2.12. The molecule has 0 aliphatic heterocycles. The molecule has 5 nitrogen and oxygen atoms in total. The van der Waals surface area contributed by atoms with Crippen LogP contribution in [0.1, 0.15) is 37.4 Å². The molecule has 0 aliphatic rings. The summed E-state index contributed by atoms with van der Waals surface area (Å²) in [5.74, 6) is -0.720. The molecule has 4 aromatic rings. The van der Waals surface area contributed by atoms with E-state index in [1.165, 1.54) is 6.07 Å². The maximum absolute atomic E-state index is 12.8. The van der Waals surface area contributed by atoms with E-state index in [0.29, 0.717) is 12.4 Å². The van der Waals surface area contributed by atoms with Crippen LogP contribution < -0.4 is 4.74 Å². The topological polar surface area (TPSA) is 61.8 Å². The van der Waals surface area contributed by atoms with Crippen LogP contribution in [0.5, 0.6) is 5.75 Å². The molecule has 0 spiro atoms. The van der Waals surface area contributed by atoms with Crippen molar-refractivity contribution in [1.82, 2.24) is 0 Å². The van der Waals surface area contributed by atoms with Gasteiger partial charge in [-0.3, -0.25) is 0 Å². The maximum Gasteiger partial charge on any atom is 0.338 e. The molecule has 4 rings (SSSR count). The first kappa shape index (κ1) is 22.8. The molecule has 0 saturated heterocycles. The van der Waals surface area contributed by atoms with E-state index < -0.39 is 11.9 Å². The summed E-state index contributed by atoms with van der Waals surface area (Å²) in [5.41, 5.74) is 3.14. The lowest BCUT2D eigenvalue weighted by atomic mass is 10.1. The summed E-state index contributed by atoms with van der Waals surface area (Å²) < 4.78 is 16.8. The minimum atomic E-state index is -0.550. The average molecular weight is 453 g/mol. The highest BCUT2D eigenvalue weighted by Gasteiger charge is 2.16. The van der Waals surface area contributed by atoms with Gasteiger partial charge in [0, 0.05) is 0 Å². The number of benzene rings is 4. The molecule has 0 aliphatic carbocycles. The molecule has 4 aromatic carbocycles. The third-order valence-corrected chi connectivity index (χ3v) is 5.05. The third-order valence-electron chi connectivity index (χ3n) is 5.05. The smallest absolute Gasteiger partial charge is 0.338 e. The highest BCUT2D eigenvalue weighted by molar-refractivity contribution is 5.96. The number of carbonyl (C=O) groups is 2. The number of ether oxygens (including phenoxy) is 3. The van der Waals surface area contributed by atoms with Gasteiger partial charge in [0.15, 0.2) is 0 Å². The van der Waals surface area contributed by atoms with Crippen molar-refractivity contribution < 1.29 is 23.8 Å². The quantitative estimate of drug-likeness (QED) is 0.292. The number of rotatable bonds is 9. The molecular weight excluding hydrogens is 428 g/mol. The molecule has 5 heteroatoms. The minimum absolute atomic E-state index is 0.128. The molecule has 0 bridgehead atoms. The van der Waals surface area contributed by atoms with E-state index in [2.05, 4.69) is 0 Å². The fraction of sp³-hybridized carbons (Fsp3) is 0.103. The van der Waals surface area contributed by atoms with Crippen molar-refractivity contribution in [2.75, 3.05) is 0 Å². The van der Waals surface area contributed by atoms with Gasteiger partial charge in [-0.2, -0.15) is 0 Å². The number of esters is 2. The fourth-order valence-electron chi connectivity index (χ4n) is 3.27. The maximum atomic E-state index is 12.8. The van der Waals surface area contributed by atoms with Crippen LogP contribution >= 0.6 is 0 Å². The number of hydrogen-bond donors (Lipinski definition) is 0. The summed E-state index contributed by atoms with van der Waals surface area (Å²) in [6.45, 7) is 0.549. The normalized spacial score (nSPS) is 10.4. The van der Waals surface area contributed by atoms with Crippen molar-refractivity contribution in [3.05, 3.63) is 137 Å². The van der Waals surface area contributed by atoms with Gasteiger partial charge < -0.3 is 14.2 Å². The van der Waals surface area contributed by atoms with Crippen molar-refractivity contribution >= 4 is 11.9 Å². The summed E-state index contributed by atoms with van der Waals surface area (Å²) in [7, 11) is 0. The highest BCUT2D eigenvalue weighted by atomic mass is 16.5. The molecule has 170 valence electrons. The Morgan fingerprint density at radius 3 is 1.29 bits per heavy atom. The molecule has 0 atom stereocenters. The van der Waals surface area contributed by atoms with Gasteiger partial charge in [0.1, 0.15) is 25.6 Å².